The first-order valence-corrected chi connectivity index (χ1v) is 13.1. The second-order valence-corrected chi connectivity index (χ2v) is 10.7. The molecule has 3 aromatic rings. The number of sulfonamides is 1. The molecule has 1 fully saturated rings. The SMILES string of the molecule is Cc1cc(N2CCN(C(=O)CCNS(=O)(=O)c3ccc4ccccc4c3)CC2)nc(C(C)C)n1. The Bertz CT molecular complexity index is 1280. The number of anilines is 1. The molecule has 0 atom stereocenters. The maximum atomic E-state index is 12.7. The van der Waals surface area contributed by atoms with E-state index in [9.17, 15) is 13.2 Å². The number of benzene rings is 2. The van der Waals surface area contributed by atoms with Gasteiger partial charge in [-0.2, -0.15) is 0 Å². The lowest BCUT2D eigenvalue weighted by Gasteiger charge is -2.35. The van der Waals surface area contributed by atoms with Crippen molar-refractivity contribution in [2.24, 2.45) is 0 Å². The van der Waals surface area contributed by atoms with Crippen LogP contribution in [0.3, 0.4) is 0 Å². The fourth-order valence-corrected chi connectivity index (χ4v) is 5.11. The Labute approximate surface area is 201 Å². The van der Waals surface area contributed by atoms with Crippen LogP contribution < -0.4 is 9.62 Å². The largest absolute Gasteiger partial charge is 0.353 e. The molecular formula is C25H31N5O3S. The van der Waals surface area contributed by atoms with Crippen molar-refractivity contribution in [3.63, 3.8) is 0 Å². The van der Waals surface area contributed by atoms with E-state index in [0.29, 0.717) is 26.2 Å². The third-order valence-corrected chi connectivity index (χ3v) is 7.45. The molecular weight excluding hydrogens is 450 g/mol. The number of aryl methyl sites for hydroxylation is 1. The van der Waals surface area contributed by atoms with Crippen LogP contribution >= 0.6 is 0 Å². The number of carbonyl (C=O) groups is 1. The molecule has 2 aromatic carbocycles. The van der Waals surface area contributed by atoms with Gasteiger partial charge in [-0.05, 0) is 29.8 Å². The number of nitrogens with zero attached hydrogens (tertiary/aromatic N) is 4. The zero-order valence-corrected chi connectivity index (χ0v) is 20.7. The van der Waals surface area contributed by atoms with Crippen LogP contribution in [0.4, 0.5) is 5.82 Å². The number of hydrogen-bond donors (Lipinski definition) is 1. The number of hydrogen-bond acceptors (Lipinski definition) is 6. The van der Waals surface area contributed by atoms with Crippen molar-refractivity contribution in [3.8, 4) is 0 Å². The number of piperazine rings is 1. The molecule has 0 spiro atoms. The maximum absolute atomic E-state index is 12.7. The van der Waals surface area contributed by atoms with Gasteiger partial charge in [-0.25, -0.2) is 23.1 Å². The van der Waals surface area contributed by atoms with E-state index >= 15 is 0 Å². The highest BCUT2D eigenvalue weighted by atomic mass is 32.2. The van der Waals surface area contributed by atoms with Crippen molar-refractivity contribution < 1.29 is 13.2 Å². The summed E-state index contributed by atoms with van der Waals surface area (Å²) in [5, 5.41) is 1.84. The van der Waals surface area contributed by atoms with E-state index in [1.807, 2.05) is 37.3 Å². The van der Waals surface area contributed by atoms with Crippen LogP contribution in [0.15, 0.2) is 53.4 Å². The molecule has 0 bridgehead atoms. The zero-order valence-electron chi connectivity index (χ0n) is 19.9. The van der Waals surface area contributed by atoms with Crippen LogP contribution in [-0.4, -0.2) is 61.9 Å². The van der Waals surface area contributed by atoms with E-state index in [4.69, 9.17) is 0 Å². The molecule has 1 saturated heterocycles. The third-order valence-electron chi connectivity index (χ3n) is 5.99. The van der Waals surface area contributed by atoms with Crippen molar-refractivity contribution in [1.29, 1.82) is 0 Å². The molecule has 34 heavy (non-hydrogen) atoms. The summed E-state index contributed by atoms with van der Waals surface area (Å²) >= 11 is 0. The molecule has 1 aromatic heterocycles. The van der Waals surface area contributed by atoms with Gasteiger partial charge in [0.25, 0.3) is 0 Å². The second-order valence-electron chi connectivity index (χ2n) is 8.90. The topological polar surface area (TPSA) is 95.5 Å². The first kappa shape index (κ1) is 24.1. The Morgan fingerprint density at radius 2 is 1.71 bits per heavy atom. The van der Waals surface area contributed by atoms with Crippen molar-refractivity contribution in [1.82, 2.24) is 19.6 Å². The average Bonchev–Trinajstić information content (AvgIpc) is 2.83. The number of carbonyl (C=O) groups excluding carboxylic acids is 1. The monoisotopic (exact) mass is 481 g/mol. The predicted octanol–water partition coefficient (Wildman–Crippen LogP) is 3.08. The second kappa shape index (κ2) is 10.1. The molecule has 9 heteroatoms. The van der Waals surface area contributed by atoms with Crippen molar-refractivity contribution in [3.05, 3.63) is 60.0 Å². The van der Waals surface area contributed by atoms with E-state index in [-0.39, 0.29) is 29.7 Å². The van der Waals surface area contributed by atoms with E-state index in [2.05, 4.69) is 33.4 Å². The molecule has 4 rings (SSSR count). The Morgan fingerprint density at radius 3 is 2.41 bits per heavy atom. The molecule has 180 valence electrons. The third kappa shape index (κ3) is 5.53. The minimum Gasteiger partial charge on any atom is -0.353 e. The number of fused-ring (bicyclic) bond motifs is 1. The van der Waals surface area contributed by atoms with Gasteiger partial charge < -0.3 is 9.80 Å². The lowest BCUT2D eigenvalue weighted by atomic mass is 10.1. The summed E-state index contributed by atoms with van der Waals surface area (Å²) < 4.78 is 27.9. The minimum atomic E-state index is -3.68. The van der Waals surface area contributed by atoms with Crippen LogP contribution in [0.1, 0.15) is 37.7 Å². The molecule has 8 nitrogen and oxygen atoms in total. The molecule has 1 amide bonds. The van der Waals surface area contributed by atoms with Crippen LogP contribution in [0.2, 0.25) is 0 Å². The van der Waals surface area contributed by atoms with Gasteiger partial charge in [0.15, 0.2) is 0 Å². The van der Waals surface area contributed by atoms with Gasteiger partial charge in [0.05, 0.1) is 4.90 Å². The fourth-order valence-electron chi connectivity index (χ4n) is 4.05. The predicted molar refractivity (Wildman–Crippen MR) is 133 cm³/mol. The molecule has 1 aliphatic rings. The normalized spacial score (nSPS) is 14.7. The van der Waals surface area contributed by atoms with Gasteiger partial charge in [-0.15, -0.1) is 0 Å². The Hall–Kier alpha value is -3.04. The Kier molecular flexibility index (Phi) is 7.13. The standard InChI is InChI=1S/C25H31N5O3S/c1-18(2)25-27-19(3)16-23(28-25)29-12-14-30(15-13-29)24(31)10-11-26-34(32,33)22-9-8-20-6-4-5-7-21(20)17-22/h4-9,16-18,26H,10-15H2,1-3H3. The summed E-state index contributed by atoms with van der Waals surface area (Å²) in [6.45, 7) is 8.71. The van der Waals surface area contributed by atoms with Crippen molar-refractivity contribution in [2.45, 2.75) is 38.0 Å². The average molecular weight is 482 g/mol. The first-order valence-electron chi connectivity index (χ1n) is 11.6. The smallest absolute Gasteiger partial charge is 0.240 e. The first-order chi connectivity index (χ1) is 16.2. The van der Waals surface area contributed by atoms with E-state index in [1.54, 1.807) is 23.1 Å². The summed E-state index contributed by atoms with van der Waals surface area (Å²) in [4.78, 5) is 26.0. The molecule has 1 aliphatic heterocycles. The number of nitrogens with one attached hydrogen (secondary N) is 1. The van der Waals surface area contributed by atoms with Gasteiger partial charge in [-0.1, -0.05) is 44.2 Å². The molecule has 0 radical (unpaired) electrons. The van der Waals surface area contributed by atoms with E-state index < -0.39 is 10.0 Å². The van der Waals surface area contributed by atoms with Gasteiger partial charge in [0.2, 0.25) is 15.9 Å². The van der Waals surface area contributed by atoms with Crippen molar-refractivity contribution in [2.75, 3.05) is 37.6 Å². The summed E-state index contributed by atoms with van der Waals surface area (Å²) in [6, 6.07) is 14.6. The summed E-state index contributed by atoms with van der Waals surface area (Å²) in [7, 11) is -3.68. The van der Waals surface area contributed by atoms with Crippen LogP contribution in [0.5, 0.6) is 0 Å². The lowest BCUT2D eigenvalue weighted by molar-refractivity contribution is -0.131. The number of aromatic nitrogens is 2. The van der Waals surface area contributed by atoms with E-state index in [1.165, 1.54) is 0 Å². The number of amides is 1. The molecule has 1 N–H and O–H groups in total. The summed E-state index contributed by atoms with van der Waals surface area (Å²) in [6.07, 6.45) is 0.122. The molecule has 0 unspecified atom stereocenters. The van der Waals surface area contributed by atoms with Crippen LogP contribution in [-0.2, 0) is 14.8 Å². The van der Waals surface area contributed by atoms with E-state index in [0.717, 1.165) is 28.1 Å². The Morgan fingerprint density at radius 1 is 1.00 bits per heavy atom. The van der Waals surface area contributed by atoms with Gasteiger partial charge in [0.1, 0.15) is 11.6 Å². The summed E-state index contributed by atoms with van der Waals surface area (Å²) in [5.74, 6) is 1.92. The van der Waals surface area contributed by atoms with Crippen LogP contribution in [0.25, 0.3) is 10.8 Å². The highest BCUT2D eigenvalue weighted by molar-refractivity contribution is 7.89. The highest BCUT2D eigenvalue weighted by Crippen LogP contribution is 2.20. The lowest BCUT2D eigenvalue weighted by Crippen LogP contribution is -2.49. The number of rotatable bonds is 7. The minimum absolute atomic E-state index is 0.0531. The zero-order chi connectivity index (χ0) is 24.3. The molecule has 0 aliphatic carbocycles. The van der Waals surface area contributed by atoms with Gasteiger partial charge >= 0.3 is 0 Å². The summed E-state index contributed by atoms with van der Waals surface area (Å²) in [5.41, 5.74) is 0.936. The Balaban J connectivity index is 1.29. The molecule has 0 saturated carbocycles. The molecule has 2 heterocycles. The van der Waals surface area contributed by atoms with Gasteiger partial charge in [0, 0.05) is 56.8 Å². The van der Waals surface area contributed by atoms with Gasteiger partial charge in [-0.3, -0.25) is 4.79 Å². The highest BCUT2D eigenvalue weighted by Gasteiger charge is 2.23. The maximum Gasteiger partial charge on any atom is 0.240 e. The quantitative estimate of drug-likeness (QED) is 0.557. The van der Waals surface area contributed by atoms with Crippen LogP contribution in [0, 0.1) is 6.92 Å². The fraction of sp³-hybridized carbons (Fsp3) is 0.400. The van der Waals surface area contributed by atoms with Crippen molar-refractivity contribution >= 4 is 32.5 Å².